The van der Waals surface area contributed by atoms with Crippen molar-refractivity contribution < 1.29 is 9.84 Å². The molecular formula is C18H23NO2. The molecule has 3 nitrogen and oxygen atoms in total. The van der Waals surface area contributed by atoms with E-state index in [9.17, 15) is 0 Å². The molecule has 0 aromatic heterocycles. The number of aryl methyl sites for hydroxylation is 1. The van der Waals surface area contributed by atoms with Gasteiger partial charge in [0.05, 0.1) is 6.10 Å². The molecule has 2 aromatic carbocycles. The van der Waals surface area contributed by atoms with E-state index in [4.69, 9.17) is 9.84 Å². The highest BCUT2D eigenvalue weighted by Crippen LogP contribution is 2.13. The van der Waals surface area contributed by atoms with Crippen LogP contribution in [0.25, 0.3) is 0 Å². The molecule has 112 valence electrons. The predicted octanol–water partition coefficient (Wildman–Crippen LogP) is 2.91. The quantitative estimate of drug-likeness (QED) is 0.911. The molecule has 1 atom stereocenters. The highest BCUT2D eigenvalue weighted by atomic mass is 16.5. The Kier molecular flexibility index (Phi) is 6.25. The van der Waals surface area contributed by atoms with E-state index in [0.717, 1.165) is 25.3 Å². The van der Waals surface area contributed by atoms with Gasteiger partial charge < -0.3 is 15.2 Å². The van der Waals surface area contributed by atoms with Gasteiger partial charge in [-0.1, -0.05) is 48.0 Å². The van der Waals surface area contributed by atoms with Crippen molar-refractivity contribution in [3.05, 3.63) is 65.7 Å². The van der Waals surface area contributed by atoms with Crippen LogP contribution in [0.5, 0.6) is 5.75 Å². The molecule has 3 rings (SSSR count). The summed E-state index contributed by atoms with van der Waals surface area (Å²) < 4.78 is 5.65. The van der Waals surface area contributed by atoms with Crippen LogP contribution in [-0.4, -0.2) is 24.3 Å². The Hall–Kier alpha value is -1.84. The topological polar surface area (TPSA) is 41.5 Å². The zero-order valence-corrected chi connectivity index (χ0v) is 12.5. The second-order valence-corrected chi connectivity index (χ2v) is 5.23. The van der Waals surface area contributed by atoms with E-state index in [0.29, 0.717) is 6.61 Å². The predicted molar refractivity (Wildman–Crippen MR) is 85.4 cm³/mol. The van der Waals surface area contributed by atoms with Gasteiger partial charge in [0.2, 0.25) is 0 Å². The van der Waals surface area contributed by atoms with E-state index < -0.39 is 0 Å². The average Bonchev–Trinajstić information content (AvgIpc) is 3.00. The number of benzene rings is 2. The van der Waals surface area contributed by atoms with Gasteiger partial charge in [-0.3, -0.25) is 0 Å². The first-order valence-corrected chi connectivity index (χ1v) is 7.36. The number of β-amino-alcohol motifs (C(OH)–C–C–N with tert-alkyl or cyclic N) is 1. The van der Waals surface area contributed by atoms with Gasteiger partial charge in [-0.05, 0) is 37.6 Å². The van der Waals surface area contributed by atoms with Crippen molar-refractivity contribution >= 4 is 0 Å². The van der Waals surface area contributed by atoms with Gasteiger partial charge in [-0.15, -0.1) is 0 Å². The summed E-state index contributed by atoms with van der Waals surface area (Å²) in [7, 11) is 0. The number of nitrogens with one attached hydrogen (secondary N) is 1. The molecule has 3 heteroatoms. The van der Waals surface area contributed by atoms with E-state index in [1.165, 1.54) is 11.1 Å². The fourth-order valence-electron chi connectivity index (χ4n) is 2.01. The molecule has 0 amide bonds. The van der Waals surface area contributed by atoms with E-state index in [2.05, 4.69) is 36.5 Å². The standard InChI is InChI=1S/C14H14O.C4H9NO/c1-12-7-9-14(10-8-12)15-11-13-5-3-2-4-6-13;6-4-1-2-5-3-4/h2-10H,11H2,1H3;4-6H,1-3H2/t;4-/m.1/s1. The van der Waals surface area contributed by atoms with Crippen molar-refractivity contribution in [2.75, 3.05) is 13.1 Å². The van der Waals surface area contributed by atoms with Gasteiger partial charge in [0.15, 0.2) is 0 Å². The summed E-state index contributed by atoms with van der Waals surface area (Å²) in [4.78, 5) is 0. The highest BCUT2D eigenvalue weighted by molar-refractivity contribution is 5.26. The summed E-state index contributed by atoms with van der Waals surface area (Å²) in [5.41, 5.74) is 2.44. The van der Waals surface area contributed by atoms with Crippen LogP contribution in [0.1, 0.15) is 17.5 Å². The minimum absolute atomic E-state index is 0.0648. The van der Waals surface area contributed by atoms with Crippen molar-refractivity contribution in [2.24, 2.45) is 0 Å². The van der Waals surface area contributed by atoms with Gasteiger partial charge in [0.1, 0.15) is 12.4 Å². The lowest BCUT2D eigenvalue weighted by molar-refractivity contribution is 0.196. The molecular weight excluding hydrogens is 262 g/mol. The molecule has 0 spiro atoms. The number of rotatable bonds is 3. The van der Waals surface area contributed by atoms with Crippen molar-refractivity contribution in [2.45, 2.75) is 26.1 Å². The van der Waals surface area contributed by atoms with E-state index in [1.807, 2.05) is 30.3 Å². The fraction of sp³-hybridized carbons (Fsp3) is 0.333. The zero-order valence-electron chi connectivity index (χ0n) is 12.5. The van der Waals surface area contributed by atoms with E-state index in [-0.39, 0.29) is 6.10 Å². The summed E-state index contributed by atoms with van der Waals surface area (Å²) in [6.07, 6.45) is 0.866. The van der Waals surface area contributed by atoms with Gasteiger partial charge in [-0.25, -0.2) is 0 Å². The summed E-state index contributed by atoms with van der Waals surface area (Å²) in [6, 6.07) is 18.3. The third-order valence-corrected chi connectivity index (χ3v) is 3.30. The van der Waals surface area contributed by atoms with Crippen LogP contribution in [0.2, 0.25) is 0 Å². The Morgan fingerprint density at radius 2 is 1.81 bits per heavy atom. The normalized spacial score (nSPS) is 17.0. The molecule has 1 aliphatic heterocycles. The lowest BCUT2D eigenvalue weighted by Gasteiger charge is -2.06. The molecule has 21 heavy (non-hydrogen) atoms. The van der Waals surface area contributed by atoms with Gasteiger partial charge >= 0.3 is 0 Å². The zero-order chi connectivity index (χ0) is 14.9. The Morgan fingerprint density at radius 3 is 2.33 bits per heavy atom. The summed E-state index contributed by atoms with van der Waals surface area (Å²) in [6.45, 7) is 4.48. The lowest BCUT2D eigenvalue weighted by atomic mass is 10.2. The number of hydrogen-bond acceptors (Lipinski definition) is 3. The minimum atomic E-state index is -0.0648. The maximum atomic E-state index is 8.67. The maximum absolute atomic E-state index is 8.67. The highest BCUT2D eigenvalue weighted by Gasteiger charge is 2.08. The van der Waals surface area contributed by atoms with Crippen molar-refractivity contribution in [1.82, 2.24) is 5.32 Å². The third kappa shape index (κ3) is 5.98. The Balaban J connectivity index is 0.000000225. The fourth-order valence-corrected chi connectivity index (χ4v) is 2.01. The summed E-state index contributed by atoms with van der Waals surface area (Å²) in [5, 5.41) is 11.7. The molecule has 0 aliphatic carbocycles. The second-order valence-electron chi connectivity index (χ2n) is 5.23. The molecule has 2 aromatic rings. The van der Waals surface area contributed by atoms with Crippen molar-refractivity contribution in [1.29, 1.82) is 0 Å². The van der Waals surface area contributed by atoms with Crippen LogP contribution in [-0.2, 0) is 6.61 Å². The van der Waals surface area contributed by atoms with Gasteiger partial charge in [0, 0.05) is 6.54 Å². The molecule has 1 aliphatic rings. The first-order chi connectivity index (χ1) is 10.2. The number of hydrogen-bond donors (Lipinski definition) is 2. The summed E-state index contributed by atoms with van der Waals surface area (Å²) in [5.74, 6) is 0.921. The van der Waals surface area contributed by atoms with Crippen LogP contribution in [0.4, 0.5) is 0 Å². The number of ether oxygens (including phenoxy) is 1. The van der Waals surface area contributed by atoms with E-state index in [1.54, 1.807) is 0 Å². The maximum Gasteiger partial charge on any atom is 0.119 e. The van der Waals surface area contributed by atoms with Crippen LogP contribution in [0, 0.1) is 6.92 Å². The molecule has 0 bridgehead atoms. The van der Waals surface area contributed by atoms with Crippen LogP contribution in [0.15, 0.2) is 54.6 Å². The van der Waals surface area contributed by atoms with Crippen LogP contribution < -0.4 is 10.1 Å². The van der Waals surface area contributed by atoms with Gasteiger partial charge in [0.25, 0.3) is 0 Å². The van der Waals surface area contributed by atoms with Crippen LogP contribution in [0.3, 0.4) is 0 Å². The Labute approximate surface area is 126 Å². The molecule has 1 heterocycles. The smallest absolute Gasteiger partial charge is 0.119 e. The monoisotopic (exact) mass is 285 g/mol. The molecule has 2 N–H and O–H groups in total. The van der Waals surface area contributed by atoms with Crippen molar-refractivity contribution in [3.63, 3.8) is 0 Å². The summed E-state index contributed by atoms with van der Waals surface area (Å²) >= 11 is 0. The minimum Gasteiger partial charge on any atom is -0.489 e. The molecule has 1 saturated heterocycles. The molecule has 1 fully saturated rings. The van der Waals surface area contributed by atoms with Crippen molar-refractivity contribution in [3.8, 4) is 5.75 Å². The largest absolute Gasteiger partial charge is 0.489 e. The van der Waals surface area contributed by atoms with Gasteiger partial charge in [-0.2, -0.15) is 0 Å². The number of aliphatic hydroxyl groups is 1. The first kappa shape index (κ1) is 15.5. The second kappa shape index (κ2) is 8.45. The average molecular weight is 285 g/mol. The van der Waals surface area contributed by atoms with Crippen LogP contribution >= 0.6 is 0 Å². The third-order valence-electron chi connectivity index (χ3n) is 3.30. The molecule has 0 radical (unpaired) electrons. The first-order valence-electron chi connectivity index (χ1n) is 7.36. The molecule has 0 unspecified atom stereocenters. The SMILES string of the molecule is Cc1ccc(OCc2ccccc2)cc1.O[C@@H]1CCNC1. The Bertz CT molecular complexity index is 505. The lowest BCUT2D eigenvalue weighted by Crippen LogP contribution is -2.11. The number of aliphatic hydroxyl groups excluding tert-OH is 1. The van der Waals surface area contributed by atoms with E-state index >= 15 is 0 Å². The Morgan fingerprint density at radius 1 is 1.10 bits per heavy atom. The molecule has 0 saturated carbocycles.